The first kappa shape index (κ1) is 11.4. The number of hydrogen-bond acceptors (Lipinski definition) is 3. The summed E-state index contributed by atoms with van der Waals surface area (Å²) in [5.74, 6) is 0.233. The van der Waals surface area contributed by atoms with Crippen molar-refractivity contribution in [3.8, 4) is 0 Å². The van der Waals surface area contributed by atoms with E-state index in [0.29, 0.717) is 5.69 Å². The van der Waals surface area contributed by atoms with Crippen LogP contribution in [0.3, 0.4) is 0 Å². The van der Waals surface area contributed by atoms with Gasteiger partial charge in [-0.25, -0.2) is 4.99 Å². The maximum Gasteiger partial charge on any atom is 0.272 e. The molecule has 0 bridgehead atoms. The van der Waals surface area contributed by atoms with E-state index < -0.39 is 5.56 Å². The molecule has 1 aromatic heterocycles. The summed E-state index contributed by atoms with van der Waals surface area (Å²) < 4.78 is 0. The predicted molar refractivity (Wildman–Crippen MR) is 67.2 cm³/mol. The maximum atomic E-state index is 11.7. The van der Waals surface area contributed by atoms with Gasteiger partial charge in [-0.05, 0) is 12.1 Å². The number of aliphatic imine (C=N–C) groups is 1. The van der Waals surface area contributed by atoms with Gasteiger partial charge in [-0.1, -0.05) is 6.07 Å². The van der Waals surface area contributed by atoms with E-state index in [1.54, 1.807) is 18.2 Å². The molecule has 2 aromatic rings. The zero-order chi connectivity index (χ0) is 12.4. The van der Waals surface area contributed by atoms with Crippen LogP contribution in [0.2, 0.25) is 0 Å². The first-order valence-corrected chi connectivity index (χ1v) is 5.29. The molecule has 0 unspecified atom stereocenters. The summed E-state index contributed by atoms with van der Waals surface area (Å²) in [5.41, 5.74) is 5.01. The summed E-state index contributed by atoms with van der Waals surface area (Å²) in [7, 11) is 0. The number of hydrogen-bond donors (Lipinski definition) is 3. The van der Waals surface area contributed by atoms with Crippen LogP contribution in [-0.2, 0) is 0 Å². The molecule has 0 aliphatic carbocycles. The van der Waals surface area contributed by atoms with Crippen LogP contribution in [0.1, 0.15) is 0 Å². The lowest BCUT2D eigenvalue weighted by molar-refractivity contribution is 0.976. The Hall–Kier alpha value is -2.08. The molecule has 6 nitrogen and oxygen atoms in total. The van der Waals surface area contributed by atoms with Gasteiger partial charge in [0.1, 0.15) is 5.84 Å². The van der Waals surface area contributed by atoms with Crippen molar-refractivity contribution in [1.82, 2.24) is 10.2 Å². The van der Waals surface area contributed by atoms with Gasteiger partial charge in [0.05, 0.1) is 22.3 Å². The minimum Gasteiger partial charge on any atom is -0.386 e. The highest BCUT2D eigenvalue weighted by Crippen LogP contribution is 2.19. The smallest absolute Gasteiger partial charge is 0.272 e. The van der Waals surface area contributed by atoms with E-state index in [1.807, 2.05) is 0 Å². The Kier molecular flexibility index (Phi) is 2.97. The number of nitrogens with one attached hydrogen (secondary N) is 2. The van der Waals surface area contributed by atoms with Crippen LogP contribution in [0.25, 0.3) is 10.8 Å². The lowest BCUT2D eigenvalue weighted by Crippen LogP contribution is -2.19. The van der Waals surface area contributed by atoms with Crippen molar-refractivity contribution in [2.24, 2.45) is 10.7 Å². The molecule has 88 valence electrons. The fourth-order valence-corrected chi connectivity index (χ4v) is 1.55. The Labute approximate surface area is 100 Å². The monoisotopic (exact) mass is 252 g/mol. The number of aromatic nitrogens is 2. The molecule has 0 spiro atoms. The minimum absolute atomic E-state index is 0.0531. The second kappa shape index (κ2) is 4.42. The number of aromatic amines is 2. The topological polar surface area (TPSA) is 104 Å². The molecule has 17 heavy (non-hydrogen) atoms. The number of nitrogens with two attached hydrogens (primary N) is 1. The maximum absolute atomic E-state index is 11.7. The average molecular weight is 253 g/mol. The Morgan fingerprint density at radius 2 is 2.00 bits per heavy atom. The van der Waals surface area contributed by atoms with E-state index in [0.717, 1.165) is 0 Å². The quantitative estimate of drug-likeness (QED) is 0.410. The molecule has 0 amide bonds. The number of fused-ring (bicyclic) bond motifs is 1. The number of benzene rings is 1. The Balaban J connectivity index is 2.87. The van der Waals surface area contributed by atoms with Gasteiger partial charge in [-0.2, -0.15) is 0 Å². The summed E-state index contributed by atoms with van der Waals surface area (Å²) in [6, 6.07) is 4.76. The van der Waals surface area contributed by atoms with Crippen molar-refractivity contribution in [3.05, 3.63) is 38.9 Å². The van der Waals surface area contributed by atoms with Gasteiger partial charge in [-0.15, -0.1) is 11.6 Å². The van der Waals surface area contributed by atoms with Crippen LogP contribution < -0.4 is 16.9 Å². The molecule has 7 heteroatoms. The second-order valence-electron chi connectivity index (χ2n) is 3.34. The van der Waals surface area contributed by atoms with Gasteiger partial charge in [0.2, 0.25) is 0 Å². The number of amidine groups is 1. The van der Waals surface area contributed by atoms with Gasteiger partial charge in [-0.3, -0.25) is 19.8 Å². The lowest BCUT2D eigenvalue weighted by atomic mass is 10.1. The lowest BCUT2D eigenvalue weighted by Gasteiger charge is -2.01. The van der Waals surface area contributed by atoms with E-state index in [1.165, 1.54) is 0 Å². The van der Waals surface area contributed by atoms with Crippen molar-refractivity contribution < 1.29 is 0 Å². The zero-order valence-electron chi connectivity index (χ0n) is 8.66. The van der Waals surface area contributed by atoms with Gasteiger partial charge >= 0.3 is 0 Å². The molecule has 0 aliphatic heterocycles. The summed E-state index contributed by atoms with van der Waals surface area (Å²) in [5, 5.41) is 4.94. The summed E-state index contributed by atoms with van der Waals surface area (Å²) >= 11 is 5.51. The van der Waals surface area contributed by atoms with Gasteiger partial charge in [0.25, 0.3) is 11.1 Å². The molecule has 1 aromatic carbocycles. The van der Waals surface area contributed by atoms with Crippen molar-refractivity contribution in [2.45, 2.75) is 0 Å². The average Bonchev–Trinajstić information content (AvgIpc) is 2.34. The molecule has 0 fully saturated rings. The molecule has 0 saturated heterocycles. The molecule has 0 atom stereocenters. The highest BCUT2D eigenvalue weighted by atomic mass is 35.5. The van der Waals surface area contributed by atoms with Crippen molar-refractivity contribution in [1.29, 1.82) is 0 Å². The van der Waals surface area contributed by atoms with E-state index in [-0.39, 0.29) is 28.0 Å². The number of alkyl halides is 1. The van der Waals surface area contributed by atoms with E-state index >= 15 is 0 Å². The molecular weight excluding hydrogens is 244 g/mol. The summed E-state index contributed by atoms with van der Waals surface area (Å²) in [6.45, 7) is 0. The summed E-state index contributed by atoms with van der Waals surface area (Å²) in [4.78, 5) is 27.2. The van der Waals surface area contributed by atoms with E-state index in [9.17, 15) is 9.59 Å². The second-order valence-corrected chi connectivity index (χ2v) is 3.61. The van der Waals surface area contributed by atoms with Crippen LogP contribution in [0.15, 0.2) is 32.8 Å². The molecule has 0 aliphatic rings. The predicted octanol–water partition coefficient (Wildman–Crippen LogP) is 0.444. The van der Waals surface area contributed by atoms with Crippen LogP contribution in [0.5, 0.6) is 0 Å². The van der Waals surface area contributed by atoms with E-state index in [2.05, 4.69) is 15.2 Å². The van der Waals surface area contributed by atoms with Crippen molar-refractivity contribution in [2.75, 3.05) is 5.88 Å². The highest BCUT2D eigenvalue weighted by Gasteiger charge is 2.07. The number of H-pyrrole nitrogens is 2. The fourth-order valence-electron chi connectivity index (χ4n) is 1.49. The third-order valence-electron chi connectivity index (χ3n) is 2.20. The normalized spacial score (nSPS) is 11.9. The third kappa shape index (κ3) is 2.07. The Morgan fingerprint density at radius 3 is 2.71 bits per heavy atom. The fraction of sp³-hybridized carbons (Fsp3) is 0.100. The Bertz CT molecular complexity index is 701. The SMILES string of the molecule is NC(CCl)=Nc1cccc2c(=O)[nH][nH]c(=O)c12. The molecular formula is C10H9ClN4O2. The van der Waals surface area contributed by atoms with Crippen LogP contribution in [-0.4, -0.2) is 21.9 Å². The first-order valence-electron chi connectivity index (χ1n) is 4.76. The molecule has 2 rings (SSSR count). The number of nitrogens with zero attached hydrogens (tertiary/aromatic N) is 1. The highest BCUT2D eigenvalue weighted by molar-refractivity contribution is 6.28. The number of rotatable bonds is 2. The van der Waals surface area contributed by atoms with Gasteiger partial charge in [0.15, 0.2) is 0 Å². The Morgan fingerprint density at radius 1 is 1.29 bits per heavy atom. The summed E-state index contributed by atoms with van der Waals surface area (Å²) in [6.07, 6.45) is 0. The molecule has 4 N–H and O–H groups in total. The molecule has 0 radical (unpaired) electrons. The molecule has 0 saturated carbocycles. The van der Waals surface area contributed by atoms with Crippen LogP contribution in [0.4, 0.5) is 5.69 Å². The van der Waals surface area contributed by atoms with Crippen molar-refractivity contribution in [3.63, 3.8) is 0 Å². The standard InChI is InChI=1S/C10H9ClN4O2/c11-4-7(12)13-6-3-1-2-5-8(6)10(17)15-14-9(5)16/h1-3H,4H2,(H2,12,13)(H,14,16)(H,15,17). The third-order valence-corrected chi connectivity index (χ3v) is 2.48. The molecule has 1 heterocycles. The number of halogens is 1. The largest absolute Gasteiger partial charge is 0.386 e. The zero-order valence-corrected chi connectivity index (χ0v) is 9.41. The van der Waals surface area contributed by atoms with Crippen LogP contribution in [0, 0.1) is 0 Å². The van der Waals surface area contributed by atoms with E-state index in [4.69, 9.17) is 17.3 Å². The first-order chi connectivity index (χ1) is 8.13. The minimum atomic E-state index is -0.429. The van der Waals surface area contributed by atoms with Gasteiger partial charge < -0.3 is 5.73 Å². The van der Waals surface area contributed by atoms with Crippen molar-refractivity contribution >= 4 is 33.9 Å². The van der Waals surface area contributed by atoms with Crippen LogP contribution >= 0.6 is 11.6 Å². The van der Waals surface area contributed by atoms with Gasteiger partial charge in [0, 0.05) is 0 Å².